The highest BCUT2D eigenvalue weighted by molar-refractivity contribution is 7.96. The second-order valence-corrected chi connectivity index (χ2v) is 11.6. The van der Waals surface area contributed by atoms with Gasteiger partial charge in [-0.1, -0.05) is 24.6 Å². The maximum atomic E-state index is 13.1. The van der Waals surface area contributed by atoms with Gasteiger partial charge in [-0.2, -0.15) is 0 Å². The Bertz CT molecular complexity index is 791. The van der Waals surface area contributed by atoms with Crippen LogP contribution in [0, 0.1) is 12.8 Å². The van der Waals surface area contributed by atoms with Gasteiger partial charge in [0.25, 0.3) is 0 Å². The fourth-order valence-electron chi connectivity index (χ4n) is 3.70. The quantitative estimate of drug-likeness (QED) is 0.808. The van der Waals surface area contributed by atoms with Crippen molar-refractivity contribution in [3.05, 3.63) is 29.8 Å². The maximum Gasteiger partial charge on any atom is 0.183 e. The molecule has 0 N–H and O–H groups in total. The third-order valence-electron chi connectivity index (χ3n) is 5.31. The van der Waals surface area contributed by atoms with Crippen LogP contribution in [0.4, 0.5) is 0 Å². The zero-order valence-corrected chi connectivity index (χ0v) is 15.8. The van der Waals surface area contributed by atoms with Crippen molar-refractivity contribution in [3.63, 3.8) is 0 Å². The zero-order chi connectivity index (χ0) is 17.5. The number of nitrogens with zero attached hydrogens (tertiary/aromatic N) is 1. The summed E-state index contributed by atoms with van der Waals surface area (Å²) in [6.45, 7) is 5.64. The van der Waals surface area contributed by atoms with E-state index in [2.05, 4.69) is 11.8 Å². The van der Waals surface area contributed by atoms with Crippen molar-refractivity contribution >= 4 is 19.7 Å². The van der Waals surface area contributed by atoms with Crippen LogP contribution < -0.4 is 0 Å². The number of hydrogen-bond acceptors (Lipinski definition) is 5. The van der Waals surface area contributed by atoms with Crippen LogP contribution in [0.2, 0.25) is 0 Å². The summed E-state index contributed by atoms with van der Waals surface area (Å²) in [7, 11) is -6.99. The van der Waals surface area contributed by atoms with Gasteiger partial charge in [-0.3, -0.25) is 4.90 Å². The minimum absolute atomic E-state index is 0.0445. The molecule has 1 aromatic rings. The lowest BCUT2D eigenvalue weighted by Gasteiger charge is -2.36. The summed E-state index contributed by atoms with van der Waals surface area (Å²) in [6.07, 6.45) is 1.99. The molecule has 0 bridgehead atoms. The van der Waals surface area contributed by atoms with E-state index in [1.165, 1.54) is 0 Å². The Labute approximate surface area is 144 Å². The van der Waals surface area contributed by atoms with Gasteiger partial charge in [-0.05, 0) is 50.9 Å². The van der Waals surface area contributed by atoms with Gasteiger partial charge in [0.2, 0.25) is 0 Å². The first-order valence-electron chi connectivity index (χ1n) is 8.44. The Balaban J connectivity index is 1.92. The molecule has 134 valence electrons. The number of rotatable bonds is 3. The van der Waals surface area contributed by atoms with Gasteiger partial charge in [0.05, 0.1) is 21.7 Å². The number of benzene rings is 1. The summed E-state index contributed by atoms with van der Waals surface area (Å²) < 4.78 is 50.5. The van der Waals surface area contributed by atoms with E-state index in [0.29, 0.717) is 5.92 Å². The zero-order valence-electron chi connectivity index (χ0n) is 14.2. The molecule has 0 spiro atoms. The summed E-state index contributed by atoms with van der Waals surface area (Å²) in [5, 5.41) is -0.862. The molecule has 2 aliphatic heterocycles. The van der Waals surface area contributed by atoms with Crippen molar-refractivity contribution in [2.45, 2.75) is 42.9 Å². The molecule has 2 aliphatic rings. The van der Waals surface area contributed by atoms with Gasteiger partial charge in [0.1, 0.15) is 0 Å². The molecule has 2 heterocycles. The van der Waals surface area contributed by atoms with Crippen molar-refractivity contribution in [2.75, 3.05) is 24.6 Å². The Morgan fingerprint density at radius 2 is 1.62 bits per heavy atom. The van der Waals surface area contributed by atoms with E-state index in [1.54, 1.807) is 24.3 Å². The first kappa shape index (κ1) is 17.9. The third-order valence-corrected chi connectivity index (χ3v) is 9.44. The summed E-state index contributed by atoms with van der Waals surface area (Å²) in [6, 6.07) is 6.27. The smallest absolute Gasteiger partial charge is 0.183 e. The predicted molar refractivity (Wildman–Crippen MR) is 94.6 cm³/mol. The second kappa shape index (κ2) is 6.42. The first-order chi connectivity index (χ1) is 11.2. The lowest BCUT2D eigenvalue weighted by molar-refractivity contribution is 0.151. The van der Waals surface area contributed by atoms with Crippen molar-refractivity contribution in [1.29, 1.82) is 0 Å². The molecule has 24 heavy (non-hydrogen) atoms. The number of aryl methyl sites for hydroxylation is 1. The average molecular weight is 372 g/mol. The summed E-state index contributed by atoms with van der Waals surface area (Å²) in [5.41, 5.74) is 0.981. The molecule has 2 fully saturated rings. The van der Waals surface area contributed by atoms with Gasteiger partial charge in [-0.25, -0.2) is 16.8 Å². The third kappa shape index (κ3) is 3.53. The maximum absolute atomic E-state index is 13.1. The molecule has 2 saturated heterocycles. The highest BCUT2D eigenvalue weighted by Gasteiger charge is 2.48. The van der Waals surface area contributed by atoms with E-state index >= 15 is 0 Å². The summed E-state index contributed by atoms with van der Waals surface area (Å²) >= 11 is 0. The molecule has 1 aromatic carbocycles. The van der Waals surface area contributed by atoms with Crippen LogP contribution >= 0.6 is 0 Å². The molecule has 7 heteroatoms. The van der Waals surface area contributed by atoms with Gasteiger partial charge < -0.3 is 0 Å². The van der Waals surface area contributed by atoms with E-state index in [-0.39, 0.29) is 16.4 Å². The average Bonchev–Trinajstić information content (AvgIpc) is 2.85. The van der Waals surface area contributed by atoms with E-state index in [1.807, 2.05) is 6.92 Å². The van der Waals surface area contributed by atoms with Crippen molar-refractivity contribution in [2.24, 2.45) is 5.92 Å². The molecule has 3 rings (SSSR count). The SMILES string of the molecule is Cc1ccc(S(=O)(=O)C2CS(=O)(=O)CC2N2CCC(C)CC2)cc1. The Morgan fingerprint density at radius 3 is 2.21 bits per heavy atom. The molecule has 0 amide bonds. The molecule has 2 unspecified atom stereocenters. The van der Waals surface area contributed by atoms with Crippen molar-refractivity contribution in [1.82, 2.24) is 4.90 Å². The summed E-state index contributed by atoms with van der Waals surface area (Å²) in [5.74, 6) is 0.309. The number of likely N-dealkylation sites (tertiary alicyclic amines) is 1. The van der Waals surface area contributed by atoms with Crippen LogP contribution in [0.3, 0.4) is 0 Å². The lowest BCUT2D eigenvalue weighted by Crippen LogP contribution is -2.49. The fraction of sp³-hybridized carbons (Fsp3) is 0.647. The summed E-state index contributed by atoms with van der Waals surface area (Å²) in [4.78, 5) is 2.31. The number of piperidine rings is 1. The highest BCUT2D eigenvalue weighted by atomic mass is 32.2. The van der Waals surface area contributed by atoms with Crippen molar-refractivity contribution < 1.29 is 16.8 Å². The van der Waals surface area contributed by atoms with Gasteiger partial charge in [-0.15, -0.1) is 0 Å². The predicted octanol–water partition coefficient (Wildman–Crippen LogP) is 1.67. The van der Waals surface area contributed by atoms with E-state index in [0.717, 1.165) is 31.5 Å². The van der Waals surface area contributed by atoms with Crippen LogP contribution in [0.5, 0.6) is 0 Å². The number of sulfone groups is 2. The van der Waals surface area contributed by atoms with Crippen LogP contribution in [0.15, 0.2) is 29.2 Å². The molecule has 2 atom stereocenters. The molecular formula is C17H25NO4S2. The Kier molecular flexibility index (Phi) is 4.79. The van der Waals surface area contributed by atoms with E-state index in [9.17, 15) is 16.8 Å². The van der Waals surface area contributed by atoms with Gasteiger partial charge in [0.15, 0.2) is 19.7 Å². The number of hydrogen-bond donors (Lipinski definition) is 0. The highest BCUT2D eigenvalue weighted by Crippen LogP contribution is 2.31. The molecular weight excluding hydrogens is 346 g/mol. The first-order valence-corrected chi connectivity index (χ1v) is 11.8. The minimum atomic E-state index is -3.66. The lowest BCUT2D eigenvalue weighted by atomic mass is 9.98. The van der Waals surface area contributed by atoms with E-state index in [4.69, 9.17) is 0 Å². The van der Waals surface area contributed by atoms with E-state index < -0.39 is 31.0 Å². The Morgan fingerprint density at radius 1 is 1.04 bits per heavy atom. The Hall–Kier alpha value is -0.920. The minimum Gasteiger partial charge on any atom is -0.298 e. The largest absolute Gasteiger partial charge is 0.298 e. The standard InChI is InChI=1S/C17H25NO4S2/c1-13-3-5-15(6-4-13)24(21,22)17-12-23(19,20)11-16(17)18-9-7-14(2)8-10-18/h3-6,14,16-17H,7-12H2,1-2H3. The topological polar surface area (TPSA) is 71.5 Å². The van der Waals surface area contributed by atoms with Gasteiger partial charge >= 0.3 is 0 Å². The van der Waals surface area contributed by atoms with Crippen LogP contribution in [-0.2, 0) is 19.7 Å². The molecule has 0 aromatic heterocycles. The molecule has 0 radical (unpaired) electrons. The second-order valence-electron chi connectivity index (χ2n) is 7.26. The fourth-order valence-corrected chi connectivity index (χ4v) is 8.53. The van der Waals surface area contributed by atoms with Crippen LogP contribution in [0.25, 0.3) is 0 Å². The van der Waals surface area contributed by atoms with Crippen molar-refractivity contribution in [3.8, 4) is 0 Å². The van der Waals surface area contributed by atoms with Crippen LogP contribution in [-0.4, -0.2) is 57.6 Å². The van der Waals surface area contributed by atoms with Gasteiger partial charge in [0, 0.05) is 6.04 Å². The molecule has 0 aliphatic carbocycles. The molecule has 0 saturated carbocycles. The normalized spacial score (nSPS) is 28.9. The monoisotopic (exact) mass is 371 g/mol. The molecule has 5 nitrogen and oxygen atoms in total. The van der Waals surface area contributed by atoms with Crippen LogP contribution in [0.1, 0.15) is 25.3 Å².